The number of rotatable bonds is 5. The van der Waals surface area contributed by atoms with Crippen LogP contribution in [0.3, 0.4) is 0 Å². The molecule has 0 radical (unpaired) electrons. The van der Waals surface area contributed by atoms with Gasteiger partial charge in [-0.15, -0.1) is 0 Å². The van der Waals surface area contributed by atoms with Gasteiger partial charge in [0.1, 0.15) is 5.75 Å². The van der Waals surface area contributed by atoms with Crippen molar-refractivity contribution >= 4 is 29.1 Å². The second-order valence-electron chi connectivity index (χ2n) is 5.55. The number of hydrogen-bond acceptors (Lipinski definition) is 3. The maximum Gasteiger partial charge on any atom is 0.258 e. The molecule has 0 aliphatic carbocycles. The number of nitrogens with one attached hydrogen (secondary N) is 1. The van der Waals surface area contributed by atoms with Crippen LogP contribution in [0.1, 0.15) is 6.42 Å². The average Bonchev–Trinajstić information content (AvgIpc) is 2.95. The fraction of sp³-hybridized carbons (Fsp3) is 0.222. The van der Waals surface area contributed by atoms with Crippen LogP contribution in [-0.2, 0) is 9.59 Å². The molecule has 1 saturated heterocycles. The van der Waals surface area contributed by atoms with Crippen molar-refractivity contribution in [3.8, 4) is 5.75 Å². The largest absolute Gasteiger partial charge is 0.484 e. The highest BCUT2D eigenvalue weighted by Crippen LogP contribution is 2.23. The summed E-state index contributed by atoms with van der Waals surface area (Å²) in [5.74, 6) is 0.374. The molecule has 5 nitrogen and oxygen atoms in total. The quantitative estimate of drug-likeness (QED) is 0.907. The molecule has 1 unspecified atom stereocenters. The maximum atomic E-state index is 12.1. The number of carbonyl (C=O) groups is 2. The monoisotopic (exact) mass is 344 g/mol. The van der Waals surface area contributed by atoms with Crippen LogP contribution in [0.15, 0.2) is 54.6 Å². The number of para-hydroxylation sites is 1. The molecule has 6 heteroatoms. The van der Waals surface area contributed by atoms with E-state index in [0.29, 0.717) is 17.3 Å². The molecule has 1 aliphatic heterocycles. The van der Waals surface area contributed by atoms with Crippen LogP contribution in [-0.4, -0.2) is 31.0 Å². The number of halogens is 1. The van der Waals surface area contributed by atoms with Gasteiger partial charge >= 0.3 is 0 Å². The molecule has 24 heavy (non-hydrogen) atoms. The maximum absolute atomic E-state index is 12.1. The van der Waals surface area contributed by atoms with Crippen molar-refractivity contribution in [2.24, 2.45) is 0 Å². The minimum atomic E-state index is -0.241. The fourth-order valence-corrected chi connectivity index (χ4v) is 2.74. The number of nitrogens with zero attached hydrogens (tertiary/aromatic N) is 1. The van der Waals surface area contributed by atoms with E-state index in [2.05, 4.69) is 5.32 Å². The predicted octanol–water partition coefficient (Wildman–Crippen LogP) is 2.64. The molecule has 1 fully saturated rings. The first-order valence-corrected chi connectivity index (χ1v) is 8.03. The molecule has 0 saturated carbocycles. The Labute approximate surface area is 145 Å². The summed E-state index contributed by atoms with van der Waals surface area (Å²) in [5, 5.41) is 3.46. The lowest BCUT2D eigenvalue weighted by Crippen LogP contribution is -2.39. The zero-order valence-corrected chi connectivity index (χ0v) is 13.7. The third kappa shape index (κ3) is 4.06. The number of benzene rings is 2. The first-order valence-electron chi connectivity index (χ1n) is 7.65. The van der Waals surface area contributed by atoms with E-state index in [4.69, 9.17) is 16.3 Å². The van der Waals surface area contributed by atoms with Gasteiger partial charge < -0.3 is 15.0 Å². The third-order valence-corrected chi connectivity index (χ3v) is 3.99. The number of hydrogen-bond donors (Lipinski definition) is 1. The minimum Gasteiger partial charge on any atom is -0.484 e. The van der Waals surface area contributed by atoms with Crippen molar-refractivity contribution in [3.05, 3.63) is 59.6 Å². The molecule has 1 N–H and O–H groups in total. The van der Waals surface area contributed by atoms with E-state index in [9.17, 15) is 9.59 Å². The van der Waals surface area contributed by atoms with Crippen molar-refractivity contribution in [2.75, 3.05) is 18.1 Å². The molecule has 1 heterocycles. The standard InChI is InChI=1S/C18H17ClN2O3/c19-13-6-8-15(9-7-13)21-11-14(10-18(21)23)20-17(22)12-24-16-4-2-1-3-5-16/h1-9,14H,10-12H2,(H,20,22). The Morgan fingerprint density at radius 3 is 2.58 bits per heavy atom. The predicted molar refractivity (Wildman–Crippen MR) is 92.3 cm³/mol. The summed E-state index contributed by atoms with van der Waals surface area (Å²) < 4.78 is 5.40. The lowest BCUT2D eigenvalue weighted by Gasteiger charge is -2.17. The van der Waals surface area contributed by atoms with Crippen LogP contribution in [0.5, 0.6) is 5.75 Å². The summed E-state index contributed by atoms with van der Waals surface area (Å²) in [6.07, 6.45) is 0.277. The number of anilines is 1. The van der Waals surface area contributed by atoms with Gasteiger partial charge in [0.15, 0.2) is 6.61 Å². The van der Waals surface area contributed by atoms with Crippen LogP contribution >= 0.6 is 11.6 Å². The summed E-state index contributed by atoms with van der Waals surface area (Å²) in [4.78, 5) is 25.8. The minimum absolute atomic E-state index is 0.0217. The van der Waals surface area contributed by atoms with Gasteiger partial charge in [-0.25, -0.2) is 0 Å². The Hall–Kier alpha value is -2.53. The molecule has 2 aromatic rings. The summed E-state index contributed by atoms with van der Waals surface area (Å²) >= 11 is 5.86. The second kappa shape index (κ2) is 7.36. The smallest absolute Gasteiger partial charge is 0.258 e. The SMILES string of the molecule is O=C(COc1ccccc1)NC1CC(=O)N(c2ccc(Cl)cc2)C1. The highest BCUT2D eigenvalue weighted by molar-refractivity contribution is 6.30. The van der Waals surface area contributed by atoms with Crippen LogP contribution in [0.2, 0.25) is 5.02 Å². The molecule has 3 rings (SSSR count). The molecular weight excluding hydrogens is 328 g/mol. The van der Waals surface area contributed by atoms with E-state index in [0.717, 1.165) is 5.69 Å². The Morgan fingerprint density at radius 2 is 1.88 bits per heavy atom. The van der Waals surface area contributed by atoms with Gasteiger partial charge in [0.2, 0.25) is 5.91 Å². The molecule has 2 aromatic carbocycles. The van der Waals surface area contributed by atoms with E-state index < -0.39 is 0 Å². The number of amides is 2. The van der Waals surface area contributed by atoms with E-state index in [1.165, 1.54) is 0 Å². The highest BCUT2D eigenvalue weighted by Gasteiger charge is 2.31. The summed E-state index contributed by atoms with van der Waals surface area (Å²) in [6, 6.07) is 16.0. The molecule has 1 aliphatic rings. The molecule has 0 spiro atoms. The lowest BCUT2D eigenvalue weighted by atomic mass is 10.2. The van der Waals surface area contributed by atoms with Crippen molar-refractivity contribution in [1.29, 1.82) is 0 Å². The van der Waals surface area contributed by atoms with Crippen LogP contribution < -0.4 is 15.0 Å². The molecule has 0 bridgehead atoms. The Balaban J connectivity index is 1.52. The van der Waals surface area contributed by atoms with Gasteiger partial charge in [0.25, 0.3) is 5.91 Å². The zero-order valence-electron chi connectivity index (χ0n) is 12.9. The van der Waals surface area contributed by atoms with Crippen LogP contribution in [0.25, 0.3) is 0 Å². The van der Waals surface area contributed by atoms with Crippen molar-refractivity contribution in [3.63, 3.8) is 0 Å². The van der Waals surface area contributed by atoms with E-state index in [1.54, 1.807) is 41.3 Å². The van der Waals surface area contributed by atoms with Crippen molar-refractivity contribution in [1.82, 2.24) is 5.32 Å². The van der Waals surface area contributed by atoms with Crippen molar-refractivity contribution in [2.45, 2.75) is 12.5 Å². The van der Waals surface area contributed by atoms with Gasteiger partial charge in [0.05, 0.1) is 6.04 Å². The highest BCUT2D eigenvalue weighted by atomic mass is 35.5. The fourth-order valence-electron chi connectivity index (χ4n) is 2.61. The molecule has 2 amide bonds. The van der Waals surface area contributed by atoms with Crippen LogP contribution in [0, 0.1) is 0 Å². The molecular formula is C18H17ClN2O3. The van der Waals surface area contributed by atoms with Gasteiger partial charge in [-0.05, 0) is 36.4 Å². The summed E-state index contributed by atoms with van der Waals surface area (Å²) in [6.45, 7) is 0.368. The number of carbonyl (C=O) groups excluding carboxylic acids is 2. The van der Waals surface area contributed by atoms with Crippen molar-refractivity contribution < 1.29 is 14.3 Å². The van der Waals surface area contributed by atoms with E-state index in [1.807, 2.05) is 18.2 Å². The first-order chi connectivity index (χ1) is 11.6. The lowest BCUT2D eigenvalue weighted by molar-refractivity contribution is -0.123. The topological polar surface area (TPSA) is 58.6 Å². The normalized spacial score (nSPS) is 17.0. The van der Waals surface area contributed by atoms with Gasteiger partial charge in [-0.2, -0.15) is 0 Å². The Morgan fingerprint density at radius 1 is 1.17 bits per heavy atom. The van der Waals surface area contributed by atoms with E-state index >= 15 is 0 Å². The van der Waals surface area contributed by atoms with Crippen LogP contribution in [0.4, 0.5) is 5.69 Å². The van der Waals surface area contributed by atoms with Gasteiger partial charge in [-0.1, -0.05) is 29.8 Å². The number of ether oxygens (including phenoxy) is 1. The third-order valence-electron chi connectivity index (χ3n) is 3.74. The first kappa shape index (κ1) is 16.3. The second-order valence-corrected chi connectivity index (χ2v) is 5.99. The zero-order chi connectivity index (χ0) is 16.9. The summed E-state index contributed by atoms with van der Waals surface area (Å²) in [7, 11) is 0. The molecule has 1 atom stereocenters. The van der Waals surface area contributed by atoms with E-state index in [-0.39, 0.29) is 30.9 Å². The molecule has 124 valence electrons. The average molecular weight is 345 g/mol. The van der Waals surface area contributed by atoms with Gasteiger partial charge in [-0.3, -0.25) is 9.59 Å². The Kier molecular flexibility index (Phi) is 5.01. The Bertz CT molecular complexity index is 719. The van der Waals surface area contributed by atoms with Gasteiger partial charge in [0, 0.05) is 23.7 Å². The summed E-state index contributed by atoms with van der Waals surface area (Å²) in [5.41, 5.74) is 0.779. The molecule has 0 aromatic heterocycles.